The van der Waals surface area contributed by atoms with E-state index in [1.165, 1.54) is 32.2 Å². The summed E-state index contributed by atoms with van der Waals surface area (Å²) in [6.07, 6.45) is 13.2. The maximum atomic E-state index is 5.36. The van der Waals surface area contributed by atoms with Gasteiger partial charge in [0, 0.05) is 18.2 Å². The van der Waals surface area contributed by atoms with Crippen molar-refractivity contribution in [2.75, 3.05) is 26.2 Å². The van der Waals surface area contributed by atoms with Crippen molar-refractivity contribution in [1.29, 1.82) is 0 Å². The lowest BCUT2D eigenvalue weighted by atomic mass is 9.96. The minimum atomic E-state index is 0.425. The highest BCUT2D eigenvalue weighted by molar-refractivity contribution is 5.79. The molecule has 0 saturated carbocycles. The molecule has 4 heteroatoms. The van der Waals surface area contributed by atoms with Crippen LogP contribution in [0.1, 0.15) is 19.3 Å². The lowest BCUT2D eigenvalue weighted by molar-refractivity contribution is 0.234. The third-order valence-corrected chi connectivity index (χ3v) is 3.74. The van der Waals surface area contributed by atoms with E-state index in [2.05, 4.69) is 28.1 Å². The second kappa shape index (κ2) is 6.06. The van der Waals surface area contributed by atoms with Crippen molar-refractivity contribution in [3.8, 4) is 0 Å². The van der Waals surface area contributed by atoms with Crippen LogP contribution in [0.5, 0.6) is 0 Å². The fourth-order valence-corrected chi connectivity index (χ4v) is 2.74. The highest BCUT2D eigenvalue weighted by Crippen LogP contribution is 2.25. The Labute approximate surface area is 114 Å². The normalized spacial score (nSPS) is 29.2. The molecule has 0 amide bonds. The zero-order valence-corrected chi connectivity index (χ0v) is 11.1. The Morgan fingerprint density at radius 2 is 2.16 bits per heavy atom. The van der Waals surface area contributed by atoms with Gasteiger partial charge in [0.25, 0.3) is 0 Å². The van der Waals surface area contributed by atoms with Crippen molar-refractivity contribution in [3.05, 3.63) is 36.4 Å². The van der Waals surface area contributed by atoms with E-state index in [4.69, 9.17) is 9.47 Å². The number of aliphatic imine (C=N–C) groups is 1. The fraction of sp³-hybridized carbons (Fsp3) is 0.533. The van der Waals surface area contributed by atoms with Crippen molar-refractivity contribution < 1.29 is 9.47 Å². The van der Waals surface area contributed by atoms with Gasteiger partial charge in [-0.05, 0) is 38.4 Å². The molecular formula is C15H20N2O2. The molecule has 1 fully saturated rings. The molecule has 4 nitrogen and oxygen atoms in total. The number of hydrogen-bond acceptors (Lipinski definition) is 4. The smallest absolute Gasteiger partial charge is 0.232 e. The predicted molar refractivity (Wildman–Crippen MR) is 74.6 cm³/mol. The van der Waals surface area contributed by atoms with E-state index in [1.54, 1.807) is 6.26 Å². The van der Waals surface area contributed by atoms with Crippen LogP contribution in [-0.2, 0) is 9.47 Å². The number of hydrogen-bond donors (Lipinski definition) is 0. The number of ether oxygens (including phenoxy) is 2. The number of allylic oxidation sites excluding steroid dienone is 3. The second-order valence-electron chi connectivity index (χ2n) is 5.17. The average Bonchev–Trinajstić information content (AvgIpc) is 2.95. The number of nitrogens with zero attached hydrogens (tertiary/aromatic N) is 2. The molecule has 0 bridgehead atoms. The van der Waals surface area contributed by atoms with Gasteiger partial charge in [0.05, 0.1) is 0 Å². The number of rotatable bonds is 3. The van der Waals surface area contributed by atoms with Crippen molar-refractivity contribution in [3.63, 3.8) is 0 Å². The monoisotopic (exact) mass is 260 g/mol. The predicted octanol–water partition coefficient (Wildman–Crippen LogP) is 2.46. The Morgan fingerprint density at radius 3 is 2.95 bits per heavy atom. The minimum Gasteiger partial charge on any atom is -0.488 e. The van der Waals surface area contributed by atoms with Gasteiger partial charge < -0.3 is 14.4 Å². The molecule has 1 aliphatic carbocycles. The van der Waals surface area contributed by atoms with Crippen LogP contribution in [0.25, 0.3) is 0 Å². The third-order valence-electron chi connectivity index (χ3n) is 3.74. The first-order valence-electron chi connectivity index (χ1n) is 7.02. The summed E-state index contributed by atoms with van der Waals surface area (Å²) >= 11 is 0. The highest BCUT2D eigenvalue weighted by Gasteiger charge is 2.21. The molecule has 1 saturated heterocycles. The molecule has 0 spiro atoms. The molecule has 1 unspecified atom stereocenters. The Bertz CT molecular complexity index is 431. The van der Waals surface area contributed by atoms with Gasteiger partial charge in [0.2, 0.25) is 5.90 Å². The van der Waals surface area contributed by atoms with Gasteiger partial charge in [-0.15, -0.1) is 0 Å². The van der Waals surface area contributed by atoms with Crippen molar-refractivity contribution >= 4 is 5.90 Å². The summed E-state index contributed by atoms with van der Waals surface area (Å²) < 4.78 is 10.6. The molecule has 1 atom stereocenters. The summed E-state index contributed by atoms with van der Waals surface area (Å²) in [5, 5.41) is 0. The first-order chi connectivity index (χ1) is 9.42. The molecule has 102 valence electrons. The van der Waals surface area contributed by atoms with E-state index in [9.17, 15) is 0 Å². The van der Waals surface area contributed by atoms with Crippen LogP contribution in [-0.4, -0.2) is 37.0 Å². The van der Waals surface area contributed by atoms with Gasteiger partial charge in [-0.2, -0.15) is 0 Å². The van der Waals surface area contributed by atoms with E-state index in [0.29, 0.717) is 18.4 Å². The average molecular weight is 260 g/mol. The summed E-state index contributed by atoms with van der Waals surface area (Å²) in [4.78, 5) is 7.16. The quantitative estimate of drug-likeness (QED) is 0.781. The molecule has 0 aromatic carbocycles. The van der Waals surface area contributed by atoms with Crippen LogP contribution in [0.2, 0.25) is 0 Å². The summed E-state index contributed by atoms with van der Waals surface area (Å²) in [6, 6.07) is 0. The maximum absolute atomic E-state index is 5.36. The van der Waals surface area contributed by atoms with Gasteiger partial charge in [0.15, 0.2) is 6.61 Å². The van der Waals surface area contributed by atoms with Gasteiger partial charge in [-0.1, -0.05) is 12.2 Å². The number of likely N-dealkylation sites (tertiary alicyclic amines) is 1. The molecule has 3 aliphatic rings. The summed E-state index contributed by atoms with van der Waals surface area (Å²) in [6.45, 7) is 3.98. The van der Waals surface area contributed by atoms with Crippen LogP contribution in [0.4, 0.5) is 0 Å². The van der Waals surface area contributed by atoms with Gasteiger partial charge in [-0.3, -0.25) is 0 Å². The fourth-order valence-electron chi connectivity index (χ4n) is 2.74. The third kappa shape index (κ3) is 3.26. The molecule has 0 radical (unpaired) electrons. The van der Waals surface area contributed by atoms with E-state index in [0.717, 1.165) is 18.7 Å². The second-order valence-corrected chi connectivity index (χ2v) is 5.17. The van der Waals surface area contributed by atoms with E-state index in [-0.39, 0.29) is 0 Å². The van der Waals surface area contributed by atoms with Crippen molar-refractivity contribution in [1.82, 2.24) is 4.90 Å². The Hall–Kier alpha value is -1.55. The minimum absolute atomic E-state index is 0.425. The first kappa shape index (κ1) is 12.5. The zero-order valence-electron chi connectivity index (χ0n) is 11.1. The molecule has 0 aromatic heterocycles. The topological polar surface area (TPSA) is 34.1 Å². The van der Waals surface area contributed by atoms with Crippen molar-refractivity contribution in [2.45, 2.75) is 19.3 Å². The van der Waals surface area contributed by atoms with Gasteiger partial charge >= 0.3 is 0 Å². The van der Waals surface area contributed by atoms with E-state index < -0.39 is 0 Å². The Kier molecular flexibility index (Phi) is 3.98. The highest BCUT2D eigenvalue weighted by atomic mass is 16.6. The van der Waals surface area contributed by atoms with E-state index in [1.807, 2.05) is 0 Å². The summed E-state index contributed by atoms with van der Waals surface area (Å²) in [7, 11) is 0. The first-order valence-corrected chi connectivity index (χ1v) is 7.02. The van der Waals surface area contributed by atoms with E-state index >= 15 is 0 Å². The molecule has 2 heterocycles. The Balaban J connectivity index is 1.67. The SMILES string of the molecule is C1=CCC(CN2CCCC2)C(N=C2COC=CO2)=C1. The molecular weight excluding hydrogens is 240 g/mol. The summed E-state index contributed by atoms with van der Waals surface area (Å²) in [5.74, 6) is 1.13. The molecule has 19 heavy (non-hydrogen) atoms. The molecule has 0 N–H and O–H groups in total. The lowest BCUT2D eigenvalue weighted by Crippen LogP contribution is -2.28. The molecule has 2 aliphatic heterocycles. The van der Waals surface area contributed by atoms with Crippen LogP contribution in [0.3, 0.4) is 0 Å². The van der Waals surface area contributed by atoms with Crippen LogP contribution in [0.15, 0.2) is 41.4 Å². The lowest BCUT2D eigenvalue weighted by Gasteiger charge is -2.25. The van der Waals surface area contributed by atoms with Crippen molar-refractivity contribution in [2.24, 2.45) is 10.9 Å². The maximum Gasteiger partial charge on any atom is 0.232 e. The molecule has 0 aromatic rings. The van der Waals surface area contributed by atoms with Crippen LogP contribution >= 0.6 is 0 Å². The van der Waals surface area contributed by atoms with Crippen LogP contribution < -0.4 is 0 Å². The summed E-state index contributed by atoms with van der Waals surface area (Å²) in [5.41, 5.74) is 1.11. The largest absolute Gasteiger partial charge is 0.488 e. The standard InChI is InChI=1S/C15H20N2O2/c1-2-6-14(16-15-12-18-9-10-19-15)13(5-1)11-17-7-3-4-8-17/h1-2,6,9-10,13H,3-5,7-8,11-12H2. The van der Waals surface area contributed by atoms with Crippen LogP contribution in [0, 0.1) is 5.92 Å². The molecule has 3 rings (SSSR count). The Morgan fingerprint density at radius 1 is 1.26 bits per heavy atom. The zero-order chi connectivity index (χ0) is 12.9. The van der Waals surface area contributed by atoms with Gasteiger partial charge in [-0.25, -0.2) is 4.99 Å². The van der Waals surface area contributed by atoms with Gasteiger partial charge in [0.1, 0.15) is 12.5 Å².